The third kappa shape index (κ3) is 11.6. The number of unbranched alkanes of at least 4 members (excludes halogenated alkanes) is 4. The lowest BCUT2D eigenvalue weighted by Crippen LogP contribution is -2.53. The maximum atomic E-state index is 13.3. The van der Waals surface area contributed by atoms with E-state index in [-0.39, 0.29) is 23.7 Å². The highest BCUT2D eigenvalue weighted by molar-refractivity contribution is 5.89. The van der Waals surface area contributed by atoms with Gasteiger partial charge in [-0.2, -0.15) is 0 Å². The second kappa shape index (κ2) is 18.3. The largest absolute Gasteiger partial charge is 0.494 e. The summed E-state index contributed by atoms with van der Waals surface area (Å²) in [7, 11) is 0. The zero-order chi connectivity index (χ0) is 35.4. The number of aromatic nitrogens is 2. The molecule has 266 valence electrons. The van der Waals surface area contributed by atoms with Crippen LogP contribution in [0.2, 0.25) is 0 Å². The lowest BCUT2D eigenvalue weighted by molar-refractivity contribution is -0.134. The third-order valence-corrected chi connectivity index (χ3v) is 9.78. The third-order valence-electron chi connectivity index (χ3n) is 9.78. The lowest BCUT2D eigenvalue weighted by Gasteiger charge is -2.36. The van der Waals surface area contributed by atoms with Crippen LogP contribution in [0.5, 0.6) is 5.75 Å². The van der Waals surface area contributed by atoms with E-state index in [2.05, 4.69) is 48.3 Å². The second-order valence-electron chi connectivity index (χ2n) is 14.7. The number of nitrogens with one attached hydrogen (secondary N) is 2. The molecule has 3 aromatic rings. The number of rotatable bonds is 16. The van der Waals surface area contributed by atoms with E-state index in [0.717, 1.165) is 66.7 Å². The predicted molar refractivity (Wildman–Crippen MR) is 194 cm³/mol. The second-order valence-corrected chi connectivity index (χ2v) is 14.7. The molecule has 1 heterocycles. The molecular formula is C40H56N4O5. The van der Waals surface area contributed by atoms with E-state index in [0.29, 0.717) is 11.7 Å². The smallest absolute Gasteiger partial charge is 0.243 e. The van der Waals surface area contributed by atoms with Gasteiger partial charge in [0.2, 0.25) is 11.8 Å². The summed E-state index contributed by atoms with van der Waals surface area (Å²) in [6.07, 6.45) is 11.8. The van der Waals surface area contributed by atoms with Crippen LogP contribution in [-0.4, -0.2) is 57.0 Å². The Labute approximate surface area is 292 Å². The van der Waals surface area contributed by atoms with Crippen molar-refractivity contribution in [3.8, 4) is 28.3 Å². The van der Waals surface area contributed by atoms with Crippen molar-refractivity contribution in [1.29, 1.82) is 0 Å². The molecule has 1 fully saturated rings. The van der Waals surface area contributed by atoms with Gasteiger partial charge in [0.25, 0.3) is 0 Å². The Morgan fingerprint density at radius 1 is 0.837 bits per heavy atom. The van der Waals surface area contributed by atoms with Crippen molar-refractivity contribution < 1.29 is 24.5 Å². The van der Waals surface area contributed by atoms with Crippen molar-refractivity contribution in [2.24, 2.45) is 17.3 Å². The molecule has 9 heteroatoms. The molecule has 0 spiro atoms. The summed E-state index contributed by atoms with van der Waals surface area (Å²) in [5, 5.41) is 24.7. The maximum Gasteiger partial charge on any atom is 0.243 e. The number of ether oxygens (including phenoxy) is 1. The molecule has 2 amide bonds. The molecule has 0 radical (unpaired) electrons. The Bertz CT molecular complexity index is 1440. The van der Waals surface area contributed by atoms with Gasteiger partial charge in [0.05, 0.1) is 12.6 Å². The summed E-state index contributed by atoms with van der Waals surface area (Å²) in [6.45, 7) is 11.2. The summed E-state index contributed by atoms with van der Waals surface area (Å²) >= 11 is 0. The van der Waals surface area contributed by atoms with Crippen LogP contribution in [0.15, 0.2) is 60.9 Å². The van der Waals surface area contributed by atoms with Crippen LogP contribution in [-0.2, 0) is 16.0 Å². The van der Waals surface area contributed by atoms with Crippen LogP contribution in [0.3, 0.4) is 0 Å². The van der Waals surface area contributed by atoms with Crippen LogP contribution in [0, 0.1) is 17.3 Å². The van der Waals surface area contributed by atoms with Gasteiger partial charge in [-0.3, -0.25) is 9.59 Å². The number of benzene rings is 2. The summed E-state index contributed by atoms with van der Waals surface area (Å²) in [5.74, 6) is 1.28. The maximum absolute atomic E-state index is 13.3. The van der Waals surface area contributed by atoms with Crippen LogP contribution < -0.4 is 15.4 Å². The van der Waals surface area contributed by atoms with Gasteiger partial charge in [-0.25, -0.2) is 9.97 Å². The Hall–Kier alpha value is -3.82. The molecule has 2 atom stereocenters. The van der Waals surface area contributed by atoms with Crippen LogP contribution in [0.1, 0.15) is 98.0 Å². The Morgan fingerprint density at radius 2 is 1.45 bits per heavy atom. The number of hydrogen-bond acceptors (Lipinski definition) is 7. The molecule has 0 unspecified atom stereocenters. The minimum Gasteiger partial charge on any atom is -0.494 e. The van der Waals surface area contributed by atoms with E-state index >= 15 is 0 Å². The highest BCUT2D eigenvalue weighted by Gasteiger charge is 2.34. The molecule has 0 bridgehead atoms. The molecule has 4 N–H and O–H groups in total. The van der Waals surface area contributed by atoms with Gasteiger partial charge < -0.3 is 25.6 Å². The molecule has 1 aromatic heterocycles. The number of aliphatic hydroxyl groups is 2. The molecule has 49 heavy (non-hydrogen) atoms. The topological polar surface area (TPSA) is 134 Å². The normalized spacial score (nSPS) is 17.7. The predicted octanol–water partition coefficient (Wildman–Crippen LogP) is 6.86. The lowest BCUT2D eigenvalue weighted by atomic mass is 9.69. The van der Waals surface area contributed by atoms with E-state index in [4.69, 9.17) is 4.74 Å². The highest BCUT2D eigenvalue weighted by Crippen LogP contribution is 2.40. The summed E-state index contributed by atoms with van der Waals surface area (Å²) in [5.41, 5.74) is 3.80. The summed E-state index contributed by atoms with van der Waals surface area (Å²) in [6, 6.07) is 13.9. The fourth-order valence-electron chi connectivity index (χ4n) is 6.41. The number of aliphatic hydroxyl groups excluding tert-OH is 1. The molecular weight excluding hydrogens is 616 g/mol. The minimum atomic E-state index is -1.71. The summed E-state index contributed by atoms with van der Waals surface area (Å²) < 4.78 is 5.89. The van der Waals surface area contributed by atoms with Gasteiger partial charge in [-0.05, 0) is 73.6 Å². The van der Waals surface area contributed by atoms with E-state index < -0.39 is 24.3 Å². The molecule has 0 aliphatic heterocycles. The van der Waals surface area contributed by atoms with Crippen molar-refractivity contribution in [3.05, 3.63) is 66.5 Å². The van der Waals surface area contributed by atoms with Gasteiger partial charge in [0, 0.05) is 35.9 Å². The van der Waals surface area contributed by atoms with Crippen molar-refractivity contribution in [2.75, 3.05) is 6.61 Å². The Morgan fingerprint density at radius 3 is 2.04 bits per heavy atom. The van der Waals surface area contributed by atoms with Gasteiger partial charge in [-0.15, -0.1) is 0 Å². The Kier molecular flexibility index (Phi) is 14.2. The zero-order valence-electron chi connectivity index (χ0n) is 30.0. The van der Waals surface area contributed by atoms with Crippen molar-refractivity contribution >= 4 is 11.8 Å². The van der Waals surface area contributed by atoms with Crippen molar-refractivity contribution in [3.63, 3.8) is 0 Å². The number of carbonyl (C=O) groups is 2. The molecule has 1 saturated carbocycles. The van der Waals surface area contributed by atoms with E-state index in [1.165, 1.54) is 32.6 Å². The molecule has 9 nitrogen and oxygen atoms in total. The first-order valence-electron chi connectivity index (χ1n) is 18.1. The quantitative estimate of drug-likeness (QED) is 0.0966. The van der Waals surface area contributed by atoms with E-state index in [1.807, 2.05) is 48.5 Å². The van der Waals surface area contributed by atoms with E-state index in [9.17, 15) is 19.8 Å². The molecule has 1 aliphatic rings. The average Bonchev–Trinajstić information content (AvgIpc) is 3.09. The highest BCUT2D eigenvalue weighted by atomic mass is 16.5. The van der Waals surface area contributed by atoms with Gasteiger partial charge in [-0.1, -0.05) is 89.8 Å². The fraction of sp³-hybridized carbons (Fsp3) is 0.550. The monoisotopic (exact) mass is 672 g/mol. The molecule has 0 saturated heterocycles. The van der Waals surface area contributed by atoms with Crippen LogP contribution in [0.25, 0.3) is 22.5 Å². The number of nitrogens with zero attached hydrogens (tertiary/aromatic N) is 2. The van der Waals surface area contributed by atoms with Gasteiger partial charge in [0.15, 0.2) is 12.1 Å². The van der Waals surface area contributed by atoms with Gasteiger partial charge in [0.1, 0.15) is 11.8 Å². The minimum absolute atomic E-state index is 0.130. The molecule has 1 aliphatic carbocycles. The first kappa shape index (κ1) is 38.0. The first-order valence-corrected chi connectivity index (χ1v) is 18.1. The van der Waals surface area contributed by atoms with Gasteiger partial charge >= 0.3 is 0 Å². The number of amides is 2. The van der Waals surface area contributed by atoms with Crippen LogP contribution >= 0.6 is 0 Å². The number of carbonyl (C=O) groups excluding carboxylic acids is 2. The first-order chi connectivity index (χ1) is 23.4. The van der Waals surface area contributed by atoms with Crippen LogP contribution in [0.4, 0.5) is 0 Å². The zero-order valence-corrected chi connectivity index (χ0v) is 30.0. The SMILES string of the molecule is CCCCCCCOc1ccc(-c2cnc(-c3ccc(C[C@H](NC(=O)[C@H]4CC[C@H](C(C)(C)C)CC4)C(=O)N[C@H](C)C(O)O)cc3)nc2)cc1. The molecule has 4 rings (SSSR count). The fourth-order valence-corrected chi connectivity index (χ4v) is 6.41. The standard InChI is InChI=1S/C40H56N4O5/c1-6-7-8-9-10-23-49-34-21-17-29(18-22-34)32-25-41-36(42-26-32)30-13-11-28(12-14-30)24-35(38(46)43-27(2)39(47)48)44-37(45)31-15-19-33(20-16-31)40(3,4)5/h11-14,17-18,21-22,25-27,31,33,35,39,47-48H,6-10,15-16,19-20,23-24H2,1-5H3,(H,43,46)(H,44,45)/t27-,31-,33-,35+/m1/s1. The molecule has 2 aromatic carbocycles. The summed E-state index contributed by atoms with van der Waals surface area (Å²) in [4.78, 5) is 35.8. The Balaban J connectivity index is 1.36. The van der Waals surface area contributed by atoms with E-state index in [1.54, 1.807) is 12.4 Å². The van der Waals surface area contributed by atoms with Crippen molar-refractivity contribution in [2.45, 2.75) is 117 Å². The number of hydrogen-bond donors (Lipinski definition) is 4. The average molecular weight is 673 g/mol. The van der Waals surface area contributed by atoms with Crippen molar-refractivity contribution in [1.82, 2.24) is 20.6 Å².